The maximum atomic E-state index is 12.2. The van der Waals surface area contributed by atoms with E-state index in [1.807, 2.05) is 19.1 Å². The predicted octanol–water partition coefficient (Wildman–Crippen LogP) is 0.626. The van der Waals surface area contributed by atoms with Crippen molar-refractivity contribution < 1.29 is 19.1 Å². The molecule has 4 amide bonds. The summed E-state index contributed by atoms with van der Waals surface area (Å²) >= 11 is 0. The number of carbonyl (C=O) groups is 3. The molecule has 1 aliphatic heterocycles. The lowest BCUT2D eigenvalue weighted by atomic mass is 10.1. The summed E-state index contributed by atoms with van der Waals surface area (Å²) in [4.78, 5) is 37.5. The number of rotatable bonds is 6. The zero-order chi connectivity index (χ0) is 18.2. The monoisotopic (exact) mass is 348 g/mol. The molecule has 2 rings (SSSR count). The van der Waals surface area contributed by atoms with Gasteiger partial charge in [0.25, 0.3) is 5.91 Å². The molecule has 0 fully saturated rings. The average molecular weight is 348 g/mol. The summed E-state index contributed by atoms with van der Waals surface area (Å²) in [6.45, 7) is 2.72. The molecule has 1 heterocycles. The standard InChI is InChI=1S/C17H24N4O4/c1-3-4-9-19-17(24)20-15(22)11-21-10-14(16(23)18-2)25-13-8-6-5-7-12(13)21/h5-8,14H,3-4,9-11H2,1-2H3,(H,18,23)(H2,19,20,22,24). The van der Waals surface area contributed by atoms with Crippen molar-refractivity contribution in [1.29, 1.82) is 0 Å². The first-order valence-corrected chi connectivity index (χ1v) is 8.35. The fourth-order valence-corrected chi connectivity index (χ4v) is 2.52. The Morgan fingerprint density at radius 2 is 2.04 bits per heavy atom. The third kappa shape index (κ3) is 5.10. The van der Waals surface area contributed by atoms with E-state index in [2.05, 4.69) is 16.0 Å². The largest absolute Gasteiger partial charge is 0.477 e. The predicted molar refractivity (Wildman–Crippen MR) is 93.6 cm³/mol. The smallest absolute Gasteiger partial charge is 0.321 e. The van der Waals surface area contributed by atoms with E-state index < -0.39 is 18.0 Å². The van der Waals surface area contributed by atoms with Crippen LogP contribution in [0.4, 0.5) is 10.5 Å². The molecular weight excluding hydrogens is 324 g/mol. The third-order valence-electron chi connectivity index (χ3n) is 3.80. The van der Waals surface area contributed by atoms with E-state index in [-0.39, 0.29) is 19.0 Å². The maximum absolute atomic E-state index is 12.2. The van der Waals surface area contributed by atoms with Gasteiger partial charge in [0.2, 0.25) is 5.91 Å². The number of hydrogen-bond donors (Lipinski definition) is 3. The van der Waals surface area contributed by atoms with Crippen LogP contribution in [-0.2, 0) is 9.59 Å². The fourth-order valence-electron chi connectivity index (χ4n) is 2.52. The fraction of sp³-hybridized carbons (Fsp3) is 0.471. The van der Waals surface area contributed by atoms with Gasteiger partial charge in [-0.05, 0) is 18.6 Å². The molecule has 0 radical (unpaired) electrons. The number of hydrogen-bond acceptors (Lipinski definition) is 5. The Kier molecular flexibility index (Phi) is 6.62. The molecule has 25 heavy (non-hydrogen) atoms. The number of benzene rings is 1. The highest BCUT2D eigenvalue weighted by Crippen LogP contribution is 2.32. The van der Waals surface area contributed by atoms with Gasteiger partial charge < -0.3 is 20.3 Å². The van der Waals surface area contributed by atoms with Gasteiger partial charge in [-0.1, -0.05) is 25.5 Å². The summed E-state index contributed by atoms with van der Waals surface area (Å²) in [6, 6.07) is 6.66. The van der Waals surface area contributed by atoms with E-state index in [1.54, 1.807) is 17.0 Å². The number of imide groups is 1. The molecule has 0 saturated heterocycles. The Bertz CT molecular complexity index is 635. The van der Waals surface area contributed by atoms with Gasteiger partial charge in [0.15, 0.2) is 6.10 Å². The van der Waals surface area contributed by atoms with E-state index in [4.69, 9.17) is 4.74 Å². The quantitative estimate of drug-likeness (QED) is 0.655. The molecule has 8 heteroatoms. The SMILES string of the molecule is CCCCNC(=O)NC(=O)CN1CC(C(=O)NC)Oc2ccccc21. The van der Waals surface area contributed by atoms with Gasteiger partial charge in [-0.25, -0.2) is 4.79 Å². The van der Waals surface area contributed by atoms with Crippen LogP contribution in [0.25, 0.3) is 0 Å². The van der Waals surface area contributed by atoms with Gasteiger partial charge in [-0.3, -0.25) is 14.9 Å². The molecule has 1 atom stereocenters. The molecule has 1 unspecified atom stereocenters. The number of likely N-dealkylation sites (N-methyl/N-ethyl adjacent to an activating group) is 1. The number of unbranched alkanes of at least 4 members (excludes halogenated alkanes) is 1. The summed E-state index contributed by atoms with van der Waals surface area (Å²) in [7, 11) is 1.53. The zero-order valence-electron chi connectivity index (χ0n) is 14.5. The Morgan fingerprint density at radius 3 is 2.76 bits per heavy atom. The van der Waals surface area contributed by atoms with E-state index in [0.717, 1.165) is 12.8 Å². The number of urea groups is 1. The van der Waals surface area contributed by atoms with Gasteiger partial charge in [-0.2, -0.15) is 0 Å². The van der Waals surface area contributed by atoms with Crippen LogP contribution in [-0.4, -0.2) is 50.6 Å². The Morgan fingerprint density at radius 1 is 1.28 bits per heavy atom. The van der Waals surface area contributed by atoms with Crippen molar-refractivity contribution in [1.82, 2.24) is 16.0 Å². The van der Waals surface area contributed by atoms with Crippen LogP contribution in [0.2, 0.25) is 0 Å². The summed E-state index contributed by atoms with van der Waals surface area (Å²) in [6.07, 6.45) is 1.09. The Hall–Kier alpha value is -2.77. The first kappa shape index (κ1) is 18.6. The first-order chi connectivity index (χ1) is 12.0. The zero-order valence-corrected chi connectivity index (χ0v) is 14.5. The van der Waals surface area contributed by atoms with Crippen molar-refractivity contribution in [2.45, 2.75) is 25.9 Å². The van der Waals surface area contributed by atoms with Crippen molar-refractivity contribution >= 4 is 23.5 Å². The molecule has 0 saturated carbocycles. The maximum Gasteiger partial charge on any atom is 0.321 e. The van der Waals surface area contributed by atoms with Gasteiger partial charge in [0.05, 0.1) is 18.8 Å². The van der Waals surface area contributed by atoms with Crippen LogP contribution in [0, 0.1) is 0 Å². The Balaban J connectivity index is 2.00. The number of ether oxygens (including phenoxy) is 1. The van der Waals surface area contributed by atoms with Crippen molar-refractivity contribution in [3.8, 4) is 5.75 Å². The molecule has 3 N–H and O–H groups in total. The van der Waals surface area contributed by atoms with Crippen LogP contribution in [0.3, 0.4) is 0 Å². The minimum atomic E-state index is -0.717. The highest BCUT2D eigenvalue weighted by Gasteiger charge is 2.31. The van der Waals surface area contributed by atoms with Crippen molar-refractivity contribution in [3.63, 3.8) is 0 Å². The number of amides is 4. The summed E-state index contributed by atoms with van der Waals surface area (Å²) in [5.41, 5.74) is 0.712. The van der Waals surface area contributed by atoms with Gasteiger partial charge in [-0.15, -0.1) is 0 Å². The molecular formula is C17H24N4O4. The van der Waals surface area contributed by atoms with Crippen LogP contribution in [0.1, 0.15) is 19.8 Å². The second-order valence-corrected chi connectivity index (χ2v) is 5.73. The summed E-state index contributed by atoms with van der Waals surface area (Å²) in [5.74, 6) is -0.180. The van der Waals surface area contributed by atoms with Crippen molar-refractivity contribution in [2.75, 3.05) is 31.6 Å². The van der Waals surface area contributed by atoms with Crippen LogP contribution in [0.5, 0.6) is 5.75 Å². The number of fused-ring (bicyclic) bond motifs is 1. The van der Waals surface area contributed by atoms with Gasteiger partial charge in [0.1, 0.15) is 5.75 Å². The molecule has 136 valence electrons. The summed E-state index contributed by atoms with van der Waals surface area (Å²) < 4.78 is 5.68. The Labute approximate surface area is 146 Å². The lowest BCUT2D eigenvalue weighted by molar-refractivity contribution is -0.127. The van der Waals surface area contributed by atoms with Crippen LogP contribution in [0.15, 0.2) is 24.3 Å². The molecule has 0 spiro atoms. The van der Waals surface area contributed by atoms with Gasteiger partial charge >= 0.3 is 6.03 Å². The minimum Gasteiger partial charge on any atom is -0.477 e. The molecule has 1 aromatic carbocycles. The van der Waals surface area contributed by atoms with E-state index in [9.17, 15) is 14.4 Å². The topological polar surface area (TPSA) is 99.8 Å². The number of nitrogens with one attached hydrogen (secondary N) is 3. The molecule has 0 aromatic heterocycles. The van der Waals surface area contributed by atoms with Crippen molar-refractivity contribution in [2.24, 2.45) is 0 Å². The second kappa shape index (κ2) is 8.91. The van der Waals surface area contributed by atoms with E-state index in [0.29, 0.717) is 18.0 Å². The third-order valence-corrected chi connectivity index (χ3v) is 3.80. The van der Waals surface area contributed by atoms with Crippen molar-refractivity contribution in [3.05, 3.63) is 24.3 Å². The summed E-state index contributed by atoms with van der Waals surface area (Å²) in [5, 5.41) is 7.48. The van der Waals surface area contributed by atoms with Crippen LogP contribution >= 0.6 is 0 Å². The lowest BCUT2D eigenvalue weighted by Crippen LogP contribution is -2.51. The first-order valence-electron chi connectivity index (χ1n) is 8.35. The highest BCUT2D eigenvalue weighted by molar-refractivity contribution is 5.96. The lowest BCUT2D eigenvalue weighted by Gasteiger charge is -2.34. The number of para-hydroxylation sites is 2. The van der Waals surface area contributed by atoms with Gasteiger partial charge in [0, 0.05) is 13.6 Å². The molecule has 1 aromatic rings. The van der Waals surface area contributed by atoms with E-state index in [1.165, 1.54) is 7.05 Å². The number of carbonyl (C=O) groups excluding carboxylic acids is 3. The average Bonchev–Trinajstić information content (AvgIpc) is 2.61. The second-order valence-electron chi connectivity index (χ2n) is 5.73. The minimum absolute atomic E-state index is 0.0466. The molecule has 0 bridgehead atoms. The normalized spacial score (nSPS) is 15.6. The van der Waals surface area contributed by atoms with E-state index >= 15 is 0 Å². The number of anilines is 1. The highest BCUT2D eigenvalue weighted by atomic mass is 16.5. The molecule has 8 nitrogen and oxygen atoms in total. The molecule has 1 aliphatic rings. The molecule has 0 aliphatic carbocycles. The number of nitrogens with zero attached hydrogens (tertiary/aromatic N) is 1. The van der Waals surface area contributed by atoms with Crippen LogP contribution < -0.4 is 25.6 Å².